The molecule has 0 aromatic carbocycles. The van der Waals surface area contributed by atoms with Crippen LogP contribution >= 0.6 is 0 Å². The molecule has 0 aliphatic heterocycles. The summed E-state index contributed by atoms with van der Waals surface area (Å²) >= 11 is 0. The highest BCUT2D eigenvalue weighted by atomic mass is 16.3. The first-order valence-electron chi connectivity index (χ1n) is 4.28. The van der Waals surface area contributed by atoms with Crippen molar-refractivity contribution in [3.8, 4) is 0 Å². The molecule has 0 bridgehead atoms. The minimum Gasteiger partial charge on any atom is -0.369 e. The first kappa shape index (κ1) is 11.6. The molecule has 1 atom stereocenters. The number of aliphatic hydroxyl groups is 1. The lowest BCUT2D eigenvalue weighted by Gasteiger charge is -2.37. The molecule has 0 aromatic rings. The monoisotopic (exact) mass is 173 g/mol. The van der Waals surface area contributed by atoms with Crippen LogP contribution < -0.4 is 5.73 Å². The fraction of sp³-hybridized carbons (Fsp3) is 0.889. The summed E-state index contributed by atoms with van der Waals surface area (Å²) in [6, 6.07) is 0. The van der Waals surface area contributed by atoms with Crippen LogP contribution in [0.3, 0.4) is 0 Å². The van der Waals surface area contributed by atoms with Crippen LogP contribution in [0.1, 0.15) is 40.5 Å². The zero-order valence-corrected chi connectivity index (χ0v) is 8.35. The van der Waals surface area contributed by atoms with Gasteiger partial charge in [-0.2, -0.15) is 0 Å². The van der Waals surface area contributed by atoms with Crippen LogP contribution in [0.15, 0.2) is 0 Å². The van der Waals surface area contributed by atoms with Gasteiger partial charge in [-0.3, -0.25) is 10.5 Å². The smallest absolute Gasteiger partial charge is 0.178 e. The van der Waals surface area contributed by atoms with E-state index in [2.05, 4.69) is 0 Å². The first-order valence-corrected chi connectivity index (χ1v) is 4.28. The minimum absolute atomic E-state index is 0.374. The van der Waals surface area contributed by atoms with Crippen molar-refractivity contribution in [1.82, 2.24) is 0 Å². The second kappa shape index (κ2) is 3.54. The van der Waals surface area contributed by atoms with Crippen molar-refractivity contribution in [3.05, 3.63) is 0 Å². The Balaban J connectivity index is 4.62. The van der Waals surface area contributed by atoms with Gasteiger partial charge >= 0.3 is 0 Å². The van der Waals surface area contributed by atoms with Gasteiger partial charge in [0, 0.05) is 5.41 Å². The Morgan fingerprint density at radius 2 is 1.92 bits per heavy atom. The molecule has 0 spiro atoms. The summed E-state index contributed by atoms with van der Waals surface area (Å²) in [5.74, 6) is -0.374. The zero-order chi connectivity index (χ0) is 9.99. The van der Waals surface area contributed by atoms with Crippen molar-refractivity contribution in [2.45, 2.75) is 46.3 Å². The van der Waals surface area contributed by atoms with Gasteiger partial charge in [-0.25, -0.2) is 0 Å². The Bertz CT molecular complexity index is 173. The van der Waals surface area contributed by atoms with E-state index in [4.69, 9.17) is 5.73 Å². The number of carbonyl (C=O) groups excluding carboxylic acids is 1. The number of hydrogen-bond donors (Lipinski definition) is 2. The minimum atomic E-state index is -1.69. The first-order chi connectivity index (χ1) is 5.25. The third kappa shape index (κ3) is 2.05. The number of ketones is 1. The van der Waals surface area contributed by atoms with Crippen molar-refractivity contribution < 1.29 is 9.90 Å². The van der Waals surface area contributed by atoms with Crippen LogP contribution in [-0.2, 0) is 4.79 Å². The highest BCUT2D eigenvalue weighted by Crippen LogP contribution is 2.32. The summed E-state index contributed by atoms with van der Waals surface area (Å²) < 4.78 is 0. The van der Waals surface area contributed by atoms with E-state index in [1.165, 1.54) is 6.92 Å². The average Bonchev–Trinajstić information content (AvgIpc) is 1.86. The summed E-state index contributed by atoms with van der Waals surface area (Å²) in [5.41, 5.74) is 3.29. The molecule has 3 heteroatoms. The highest BCUT2D eigenvalue weighted by Gasteiger charge is 2.43. The molecule has 0 fully saturated rings. The van der Waals surface area contributed by atoms with Crippen LogP contribution in [0.5, 0.6) is 0 Å². The standard InChI is InChI=1S/C9H19NO2/c1-5-6-8(3,4)9(10,12)7(2)11/h12H,5-6,10H2,1-4H3. The predicted octanol–water partition coefficient (Wildman–Crippen LogP) is 1.05. The van der Waals surface area contributed by atoms with Crippen molar-refractivity contribution in [1.29, 1.82) is 0 Å². The number of hydrogen-bond acceptors (Lipinski definition) is 3. The second-order valence-corrected chi connectivity index (χ2v) is 3.96. The number of nitrogens with two attached hydrogens (primary N) is 1. The van der Waals surface area contributed by atoms with E-state index in [-0.39, 0.29) is 5.78 Å². The Labute approximate surface area is 74.0 Å². The molecule has 0 aromatic heterocycles. The van der Waals surface area contributed by atoms with E-state index in [0.29, 0.717) is 0 Å². The maximum Gasteiger partial charge on any atom is 0.178 e. The van der Waals surface area contributed by atoms with E-state index in [9.17, 15) is 9.90 Å². The molecular weight excluding hydrogens is 154 g/mol. The lowest BCUT2D eigenvalue weighted by atomic mass is 9.76. The van der Waals surface area contributed by atoms with E-state index < -0.39 is 11.1 Å². The van der Waals surface area contributed by atoms with Gasteiger partial charge in [-0.05, 0) is 13.3 Å². The molecule has 0 rings (SSSR count). The molecule has 3 nitrogen and oxygen atoms in total. The molecule has 0 aliphatic rings. The quantitative estimate of drug-likeness (QED) is 0.624. The third-order valence-corrected chi connectivity index (χ3v) is 2.44. The van der Waals surface area contributed by atoms with Gasteiger partial charge in [0.05, 0.1) is 0 Å². The lowest BCUT2D eigenvalue weighted by Crippen LogP contribution is -2.57. The van der Waals surface area contributed by atoms with E-state index in [0.717, 1.165) is 12.8 Å². The van der Waals surface area contributed by atoms with E-state index in [1.807, 2.05) is 6.92 Å². The van der Waals surface area contributed by atoms with Gasteiger partial charge in [0.25, 0.3) is 0 Å². The normalized spacial score (nSPS) is 17.2. The second-order valence-electron chi connectivity index (χ2n) is 3.96. The zero-order valence-electron chi connectivity index (χ0n) is 8.35. The van der Waals surface area contributed by atoms with Gasteiger partial charge in [0.1, 0.15) is 0 Å². The van der Waals surface area contributed by atoms with Crippen LogP contribution in [-0.4, -0.2) is 16.6 Å². The van der Waals surface area contributed by atoms with Gasteiger partial charge in [0.15, 0.2) is 11.5 Å². The molecule has 3 N–H and O–H groups in total. The number of carbonyl (C=O) groups is 1. The molecular formula is C9H19NO2. The average molecular weight is 173 g/mol. The largest absolute Gasteiger partial charge is 0.369 e. The Morgan fingerprint density at radius 1 is 1.50 bits per heavy atom. The predicted molar refractivity (Wildman–Crippen MR) is 48.5 cm³/mol. The summed E-state index contributed by atoms with van der Waals surface area (Å²) in [4.78, 5) is 11.0. The Kier molecular flexibility index (Phi) is 3.42. The number of Topliss-reactive ketones (excluding diaryl/α,β-unsaturated/α-hetero) is 1. The molecule has 0 heterocycles. The molecule has 0 saturated heterocycles. The van der Waals surface area contributed by atoms with E-state index >= 15 is 0 Å². The molecule has 0 aliphatic carbocycles. The van der Waals surface area contributed by atoms with Crippen LogP contribution in [0.2, 0.25) is 0 Å². The van der Waals surface area contributed by atoms with Gasteiger partial charge in [-0.15, -0.1) is 0 Å². The van der Waals surface area contributed by atoms with E-state index in [1.54, 1.807) is 13.8 Å². The van der Waals surface area contributed by atoms with Gasteiger partial charge in [0.2, 0.25) is 0 Å². The van der Waals surface area contributed by atoms with Crippen molar-refractivity contribution >= 4 is 5.78 Å². The summed E-state index contributed by atoms with van der Waals surface area (Å²) in [7, 11) is 0. The van der Waals surface area contributed by atoms with Crippen LogP contribution in [0, 0.1) is 5.41 Å². The summed E-state index contributed by atoms with van der Waals surface area (Å²) in [6.45, 7) is 6.92. The highest BCUT2D eigenvalue weighted by molar-refractivity contribution is 5.84. The fourth-order valence-electron chi connectivity index (χ4n) is 1.29. The Morgan fingerprint density at radius 3 is 2.17 bits per heavy atom. The lowest BCUT2D eigenvalue weighted by molar-refractivity contribution is -0.148. The SMILES string of the molecule is CCCC(C)(C)C(N)(O)C(C)=O. The van der Waals surface area contributed by atoms with Crippen molar-refractivity contribution in [2.75, 3.05) is 0 Å². The molecule has 72 valence electrons. The third-order valence-electron chi connectivity index (χ3n) is 2.44. The molecule has 0 saturated carbocycles. The van der Waals surface area contributed by atoms with Gasteiger partial charge in [-0.1, -0.05) is 27.2 Å². The Hall–Kier alpha value is -0.410. The maximum atomic E-state index is 11.0. The molecule has 0 amide bonds. The van der Waals surface area contributed by atoms with Crippen LogP contribution in [0.4, 0.5) is 0 Å². The van der Waals surface area contributed by atoms with Gasteiger partial charge < -0.3 is 5.11 Å². The molecule has 12 heavy (non-hydrogen) atoms. The molecule has 1 unspecified atom stereocenters. The van der Waals surface area contributed by atoms with Crippen molar-refractivity contribution in [3.63, 3.8) is 0 Å². The maximum absolute atomic E-state index is 11.0. The van der Waals surface area contributed by atoms with Crippen LogP contribution in [0.25, 0.3) is 0 Å². The fourth-order valence-corrected chi connectivity index (χ4v) is 1.29. The topological polar surface area (TPSA) is 63.3 Å². The summed E-state index contributed by atoms with van der Waals surface area (Å²) in [5, 5.41) is 9.68. The van der Waals surface area contributed by atoms with Crippen molar-refractivity contribution in [2.24, 2.45) is 11.1 Å². The molecule has 0 radical (unpaired) electrons. The number of rotatable bonds is 4. The summed E-state index contributed by atoms with van der Waals surface area (Å²) in [6.07, 6.45) is 1.64.